The SMILES string of the molecule is C[C@H](C(=O)NO)N1CCC(NC(=O)Cc2cccnc2)(c2ccc(OCc3cc(Cl)nc(Cl)c3)cc2)C1=O. The lowest BCUT2D eigenvalue weighted by Crippen LogP contribution is -2.54. The minimum atomic E-state index is -1.41. The molecule has 2 aromatic heterocycles. The number of hydroxylamine groups is 1. The molecule has 0 bridgehead atoms. The van der Waals surface area contributed by atoms with Crippen molar-refractivity contribution in [3.8, 4) is 5.75 Å². The topological polar surface area (TPSA) is 134 Å². The minimum absolute atomic E-state index is 0.0216. The van der Waals surface area contributed by atoms with Gasteiger partial charge >= 0.3 is 0 Å². The Hall–Kier alpha value is -3.73. The number of nitrogens with zero attached hydrogens (tertiary/aromatic N) is 3. The van der Waals surface area contributed by atoms with Crippen molar-refractivity contribution in [2.24, 2.45) is 0 Å². The molecule has 3 amide bonds. The number of pyridine rings is 2. The molecule has 0 spiro atoms. The van der Waals surface area contributed by atoms with Gasteiger partial charge in [-0.15, -0.1) is 0 Å². The van der Waals surface area contributed by atoms with Crippen LogP contribution in [0.2, 0.25) is 10.3 Å². The molecule has 1 aliphatic heterocycles. The highest BCUT2D eigenvalue weighted by Crippen LogP contribution is 2.36. The van der Waals surface area contributed by atoms with E-state index in [1.165, 1.54) is 11.8 Å². The van der Waals surface area contributed by atoms with Crippen molar-refractivity contribution in [1.29, 1.82) is 0 Å². The molecule has 1 aromatic carbocycles. The summed E-state index contributed by atoms with van der Waals surface area (Å²) < 4.78 is 5.83. The van der Waals surface area contributed by atoms with Gasteiger partial charge in [0, 0.05) is 25.4 Å². The molecule has 1 saturated heterocycles. The lowest BCUT2D eigenvalue weighted by Gasteiger charge is -2.31. The second-order valence-electron chi connectivity index (χ2n) is 8.83. The molecule has 3 aromatic rings. The zero-order valence-corrected chi connectivity index (χ0v) is 21.9. The average molecular weight is 558 g/mol. The van der Waals surface area contributed by atoms with Crippen molar-refractivity contribution in [1.82, 2.24) is 25.7 Å². The predicted molar refractivity (Wildman–Crippen MR) is 139 cm³/mol. The van der Waals surface area contributed by atoms with Crippen LogP contribution in [0.1, 0.15) is 30.0 Å². The highest BCUT2D eigenvalue weighted by molar-refractivity contribution is 6.32. The molecule has 0 aliphatic carbocycles. The Morgan fingerprint density at radius 1 is 1.16 bits per heavy atom. The molecule has 12 heteroatoms. The second-order valence-corrected chi connectivity index (χ2v) is 9.60. The first kappa shape index (κ1) is 27.3. The fraction of sp³-hybridized carbons (Fsp3) is 0.269. The summed E-state index contributed by atoms with van der Waals surface area (Å²) in [5, 5.41) is 12.5. The standard InChI is InChI=1S/C26H25Cl2N5O5/c1-16(24(35)32-37)33-10-8-26(25(33)36,31-23(34)13-17-3-2-9-29-14-17)19-4-6-20(7-5-19)38-15-18-11-21(27)30-22(28)12-18/h2-7,9,11-12,14,16,37H,8,10,13,15H2,1H3,(H,31,34)(H,32,35)/t16-,26?/m1/s1. The molecular formula is C26H25Cl2N5O5. The van der Waals surface area contributed by atoms with Crippen LogP contribution < -0.4 is 15.5 Å². The molecule has 1 fully saturated rings. The third-order valence-corrected chi connectivity index (χ3v) is 6.71. The molecule has 1 aliphatic rings. The molecule has 3 N–H and O–H groups in total. The monoisotopic (exact) mass is 557 g/mol. The third kappa shape index (κ3) is 6.04. The normalized spacial score (nSPS) is 17.7. The molecule has 2 atom stereocenters. The van der Waals surface area contributed by atoms with Crippen molar-refractivity contribution in [3.63, 3.8) is 0 Å². The van der Waals surface area contributed by atoms with Crippen LogP contribution >= 0.6 is 23.2 Å². The van der Waals surface area contributed by atoms with Gasteiger partial charge in [-0.1, -0.05) is 41.4 Å². The Kier molecular flexibility index (Phi) is 8.45. The largest absolute Gasteiger partial charge is 0.489 e. The maximum absolute atomic E-state index is 13.7. The Bertz CT molecular complexity index is 1310. The molecule has 198 valence electrons. The summed E-state index contributed by atoms with van der Waals surface area (Å²) in [6.07, 6.45) is 3.43. The van der Waals surface area contributed by atoms with Crippen LogP contribution in [0.15, 0.2) is 60.9 Å². The van der Waals surface area contributed by atoms with E-state index in [9.17, 15) is 14.4 Å². The first-order valence-electron chi connectivity index (χ1n) is 11.7. The van der Waals surface area contributed by atoms with Gasteiger partial charge in [0.05, 0.1) is 6.42 Å². The van der Waals surface area contributed by atoms with E-state index in [1.54, 1.807) is 66.4 Å². The molecule has 3 heterocycles. The first-order chi connectivity index (χ1) is 18.2. The van der Waals surface area contributed by atoms with Crippen molar-refractivity contribution >= 4 is 40.9 Å². The lowest BCUT2D eigenvalue weighted by molar-refractivity contribution is -0.145. The maximum Gasteiger partial charge on any atom is 0.265 e. The van der Waals surface area contributed by atoms with Crippen molar-refractivity contribution in [3.05, 3.63) is 87.9 Å². The quantitative estimate of drug-likeness (QED) is 0.209. The lowest BCUT2D eigenvalue weighted by atomic mass is 9.87. The summed E-state index contributed by atoms with van der Waals surface area (Å²) in [4.78, 5) is 48.1. The van der Waals surface area contributed by atoms with E-state index in [4.69, 9.17) is 33.1 Å². The molecule has 0 saturated carbocycles. The molecule has 38 heavy (non-hydrogen) atoms. The number of nitrogens with one attached hydrogen (secondary N) is 2. The van der Waals surface area contributed by atoms with Crippen molar-refractivity contribution in [2.75, 3.05) is 6.54 Å². The number of carbonyl (C=O) groups is 3. The van der Waals surface area contributed by atoms with Crippen LogP contribution in [0.3, 0.4) is 0 Å². The number of halogens is 2. The van der Waals surface area contributed by atoms with Gasteiger partial charge in [0.25, 0.3) is 11.8 Å². The van der Waals surface area contributed by atoms with Gasteiger partial charge in [0.1, 0.15) is 34.2 Å². The molecule has 0 radical (unpaired) electrons. The number of carbonyl (C=O) groups excluding carboxylic acids is 3. The summed E-state index contributed by atoms with van der Waals surface area (Å²) >= 11 is 11.9. The van der Waals surface area contributed by atoms with Gasteiger partial charge in [-0.3, -0.25) is 24.6 Å². The van der Waals surface area contributed by atoms with Crippen LogP contribution in [0.25, 0.3) is 0 Å². The maximum atomic E-state index is 13.7. The van der Waals surface area contributed by atoms with Crippen LogP contribution in [-0.4, -0.2) is 50.4 Å². The van der Waals surface area contributed by atoms with Crippen LogP contribution in [0, 0.1) is 0 Å². The summed E-state index contributed by atoms with van der Waals surface area (Å²) in [6, 6.07) is 12.6. The van der Waals surface area contributed by atoms with Gasteiger partial charge in [-0.2, -0.15) is 0 Å². The number of rotatable bonds is 9. The number of ether oxygens (including phenoxy) is 1. The van der Waals surface area contributed by atoms with E-state index < -0.39 is 23.4 Å². The Balaban J connectivity index is 1.57. The summed E-state index contributed by atoms with van der Waals surface area (Å²) in [7, 11) is 0. The van der Waals surface area contributed by atoms with E-state index >= 15 is 0 Å². The summed E-state index contributed by atoms with van der Waals surface area (Å²) in [5.74, 6) is -1.04. The van der Waals surface area contributed by atoms with E-state index in [-0.39, 0.29) is 42.2 Å². The molecule has 10 nitrogen and oxygen atoms in total. The Morgan fingerprint density at radius 3 is 2.50 bits per heavy atom. The van der Waals surface area contributed by atoms with E-state index in [0.717, 1.165) is 5.56 Å². The smallest absolute Gasteiger partial charge is 0.265 e. The van der Waals surface area contributed by atoms with Crippen molar-refractivity contribution < 1.29 is 24.3 Å². The average Bonchev–Trinajstić information content (AvgIpc) is 3.23. The van der Waals surface area contributed by atoms with Gasteiger partial charge in [-0.05, 0) is 53.9 Å². The molecule has 1 unspecified atom stereocenters. The van der Waals surface area contributed by atoms with Crippen LogP contribution in [0.4, 0.5) is 0 Å². The number of hydrogen-bond donors (Lipinski definition) is 3. The highest BCUT2D eigenvalue weighted by atomic mass is 35.5. The number of hydrogen-bond acceptors (Lipinski definition) is 7. The zero-order valence-electron chi connectivity index (χ0n) is 20.4. The highest BCUT2D eigenvalue weighted by Gasteiger charge is 2.51. The van der Waals surface area contributed by atoms with Gasteiger partial charge in [-0.25, -0.2) is 10.5 Å². The Labute approximate surface area is 228 Å². The summed E-state index contributed by atoms with van der Waals surface area (Å²) in [6.45, 7) is 1.89. The molecular weight excluding hydrogens is 533 g/mol. The minimum Gasteiger partial charge on any atom is -0.489 e. The first-order valence-corrected chi connectivity index (χ1v) is 12.5. The van der Waals surface area contributed by atoms with E-state index in [1.807, 2.05) is 0 Å². The van der Waals surface area contributed by atoms with Gasteiger partial charge in [0.15, 0.2) is 0 Å². The summed E-state index contributed by atoms with van der Waals surface area (Å²) in [5.41, 5.74) is 2.13. The third-order valence-electron chi connectivity index (χ3n) is 6.33. The van der Waals surface area contributed by atoms with Gasteiger partial charge < -0.3 is 15.0 Å². The molecule has 4 rings (SSSR count). The van der Waals surface area contributed by atoms with Gasteiger partial charge in [0.2, 0.25) is 5.91 Å². The fourth-order valence-electron chi connectivity index (χ4n) is 4.37. The van der Waals surface area contributed by atoms with Crippen molar-refractivity contribution in [2.45, 2.75) is 38.0 Å². The number of benzene rings is 1. The van der Waals surface area contributed by atoms with Crippen LogP contribution in [0.5, 0.6) is 5.75 Å². The van der Waals surface area contributed by atoms with E-state index in [2.05, 4.69) is 15.3 Å². The predicted octanol–water partition coefficient (Wildman–Crippen LogP) is 3.04. The number of likely N-dealkylation sites (tertiary alicyclic amines) is 1. The van der Waals surface area contributed by atoms with Crippen LogP contribution in [-0.2, 0) is 33.0 Å². The Morgan fingerprint density at radius 2 is 1.87 bits per heavy atom. The van der Waals surface area contributed by atoms with E-state index in [0.29, 0.717) is 16.9 Å². The number of aromatic nitrogens is 2. The second kappa shape index (κ2) is 11.8. The fourth-order valence-corrected chi connectivity index (χ4v) is 4.88. The zero-order chi connectivity index (χ0) is 27.3. The number of amides is 3.